The summed E-state index contributed by atoms with van der Waals surface area (Å²) in [6.45, 7) is 0. The molecular weight excluding hydrogens is 316 g/mol. The van der Waals surface area contributed by atoms with Gasteiger partial charge in [-0.3, -0.25) is 4.79 Å². The highest BCUT2D eigenvalue weighted by Gasteiger charge is 2.07. The molecule has 0 saturated carbocycles. The van der Waals surface area contributed by atoms with Gasteiger partial charge in [-0.1, -0.05) is 54.6 Å². The molecule has 0 saturated heterocycles. The molecule has 0 radical (unpaired) electrons. The standard InChI is InChI=1S/C20H16N2OS/c21-12-16-7-1-2-8-17(16)13-24-14-20(23)22-19-11-5-9-15-6-3-4-10-18(15)19/h1-11H,13-14H2,(H,22,23). The molecule has 3 aromatic carbocycles. The summed E-state index contributed by atoms with van der Waals surface area (Å²) in [7, 11) is 0. The SMILES string of the molecule is N#Cc1ccccc1CSCC(=O)Nc1cccc2ccccc12. The molecule has 1 N–H and O–H groups in total. The lowest BCUT2D eigenvalue weighted by molar-refractivity contribution is -0.113. The Morgan fingerprint density at radius 1 is 1.00 bits per heavy atom. The first-order valence-electron chi connectivity index (χ1n) is 7.61. The normalized spacial score (nSPS) is 10.3. The maximum absolute atomic E-state index is 12.2. The Hall–Kier alpha value is -2.77. The van der Waals surface area contributed by atoms with E-state index in [0.29, 0.717) is 17.1 Å². The molecule has 0 aliphatic rings. The smallest absolute Gasteiger partial charge is 0.234 e. The number of benzene rings is 3. The molecule has 0 bridgehead atoms. The molecule has 1 amide bonds. The van der Waals surface area contributed by atoms with Crippen molar-refractivity contribution < 1.29 is 4.79 Å². The van der Waals surface area contributed by atoms with Crippen LogP contribution in [0.25, 0.3) is 10.8 Å². The lowest BCUT2D eigenvalue weighted by Gasteiger charge is -2.09. The zero-order chi connectivity index (χ0) is 16.8. The van der Waals surface area contributed by atoms with Crippen molar-refractivity contribution in [1.29, 1.82) is 5.26 Å². The van der Waals surface area contributed by atoms with Crippen molar-refractivity contribution in [2.24, 2.45) is 0 Å². The second kappa shape index (κ2) is 7.67. The predicted octanol–water partition coefficient (Wildman–Crippen LogP) is 4.58. The van der Waals surface area contributed by atoms with Crippen LogP contribution in [0.4, 0.5) is 5.69 Å². The summed E-state index contributed by atoms with van der Waals surface area (Å²) in [5, 5.41) is 14.2. The van der Waals surface area contributed by atoms with Gasteiger partial charge in [-0.2, -0.15) is 5.26 Å². The predicted molar refractivity (Wildman–Crippen MR) is 99.9 cm³/mol. The summed E-state index contributed by atoms with van der Waals surface area (Å²) in [6, 6.07) is 23.5. The Morgan fingerprint density at radius 2 is 1.75 bits per heavy atom. The van der Waals surface area contributed by atoms with Crippen LogP contribution in [0.3, 0.4) is 0 Å². The van der Waals surface area contributed by atoms with Crippen LogP contribution in [0, 0.1) is 11.3 Å². The van der Waals surface area contributed by atoms with E-state index in [1.807, 2.05) is 60.7 Å². The molecule has 0 atom stereocenters. The van der Waals surface area contributed by atoms with E-state index in [4.69, 9.17) is 5.26 Å². The molecule has 0 aliphatic carbocycles. The number of carbonyl (C=O) groups excluding carboxylic acids is 1. The molecule has 3 nitrogen and oxygen atoms in total. The number of hydrogen-bond acceptors (Lipinski definition) is 3. The summed E-state index contributed by atoms with van der Waals surface area (Å²) in [5.41, 5.74) is 2.46. The minimum absolute atomic E-state index is 0.0363. The first kappa shape index (κ1) is 16.1. The Labute approximate surface area is 145 Å². The number of nitrogens with one attached hydrogen (secondary N) is 1. The number of nitrogens with zero attached hydrogens (tertiary/aromatic N) is 1. The minimum Gasteiger partial charge on any atom is -0.325 e. The highest BCUT2D eigenvalue weighted by Crippen LogP contribution is 2.23. The van der Waals surface area contributed by atoms with Crippen LogP contribution in [0.1, 0.15) is 11.1 Å². The van der Waals surface area contributed by atoms with E-state index < -0.39 is 0 Å². The van der Waals surface area contributed by atoms with Crippen LogP contribution in [0.2, 0.25) is 0 Å². The van der Waals surface area contributed by atoms with Gasteiger partial charge in [0.15, 0.2) is 0 Å². The van der Waals surface area contributed by atoms with Crippen LogP contribution in [0.15, 0.2) is 66.7 Å². The summed E-state index contributed by atoms with van der Waals surface area (Å²) >= 11 is 1.51. The molecule has 3 rings (SSSR count). The third-order valence-electron chi connectivity index (χ3n) is 3.69. The van der Waals surface area contributed by atoms with Crippen LogP contribution in [0.5, 0.6) is 0 Å². The van der Waals surface area contributed by atoms with Gasteiger partial charge in [-0.15, -0.1) is 11.8 Å². The minimum atomic E-state index is -0.0363. The number of rotatable bonds is 5. The van der Waals surface area contributed by atoms with Gasteiger partial charge in [-0.05, 0) is 23.1 Å². The molecule has 0 unspecified atom stereocenters. The van der Waals surface area contributed by atoms with Gasteiger partial charge in [0.2, 0.25) is 5.91 Å². The molecule has 0 fully saturated rings. The summed E-state index contributed by atoms with van der Waals surface area (Å²) < 4.78 is 0. The maximum atomic E-state index is 12.2. The number of carbonyl (C=O) groups is 1. The Morgan fingerprint density at radius 3 is 2.62 bits per heavy atom. The second-order valence-electron chi connectivity index (χ2n) is 5.34. The lowest BCUT2D eigenvalue weighted by atomic mass is 10.1. The highest BCUT2D eigenvalue weighted by molar-refractivity contribution is 7.99. The van der Waals surface area contributed by atoms with Gasteiger partial charge in [0.1, 0.15) is 0 Å². The van der Waals surface area contributed by atoms with Crippen molar-refractivity contribution >= 4 is 34.1 Å². The Bertz CT molecular complexity index is 909. The summed E-state index contributed by atoms with van der Waals surface area (Å²) in [4.78, 5) is 12.2. The van der Waals surface area contributed by atoms with Crippen molar-refractivity contribution in [1.82, 2.24) is 0 Å². The van der Waals surface area contributed by atoms with Crippen LogP contribution >= 0.6 is 11.8 Å². The molecule has 3 aromatic rings. The molecular formula is C20H16N2OS. The van der Waals surface area contributed by atoms with Crippen LogP contribution < -0.4 is 5.32 Å². The van der Waals surface area contributed by atoms with Gasteiger partial charge in [0, 0.05) is 16.8 Å². The van der Waals surface area contributed by atoms with E-state index in [2.05, 4.69) is 11.4 Å². The first-order chi connectivity index (χ1) is 11.8. The van der Waals surface area contributed by atoms with Gasteiger partial charge < -0.3 is 5.32 Å². The van der Waals surface area contributed by atoms with E-state index in [-0.39, 0.29) is 5.91 Å². The van der Waals surface area contributed by atoms with E-state index in [0.717, 1.165) is 22.0 Å². The summed E-state index contributed by atoms with van der Waals surface area (Å²) in [6.07, 6.45) is 0. The second-order valence-corrected chi connectivity index (χ2v) is 6.32. The quantitative estimate of drug-likeness (QED) is 0.744. The molecule has 24 heavy (non-hydrogen) atoms. The fourth-order valence-electron chi connectivity index (χ4n) is 2.53. The van der Waals surface area contributed by atoms with Crippen molar-refractivity contribution in [3.63, 3.8) is 0 Å². The monoisotopic (exact) mass is 332 g/mol. The topological polar surface area (TPSA) is 52.9 Å². The molecule has 0 spiro atoms. The average Bonchev–Trinajstić information content (AvgIpc) is 2.62. The third-order valence-corrected chi connectivity index (χ3v) is 4.67. The molecule has 4 heteroatoms. The van der Waals surface area contributed by atoms with Crippen LogP contribution in [-0.4, -0.2) is 11.7 Å². The van der Waals surface area contributed by atoms with Crippen molar-refractivity contribution in [3.05, 3.63) is 77.9 Å². The fourth-order valence-corrected chi connectivity index (χ4v) is 3.36. The van der Waals surface area contributed by atoms with E-state index in [9.17, 15) is 4.79 Å². The maximum Gasteiger partial charge on any atom is 0.234 e. The number of hydrogen-bond donors (Lipinski definition) is 1. The third kappa shape index (κ3) is 3.76. The van der Waals surface area contributed by atoms with Crippen LogP contribution in [-0.2, 0) is 10.5 Å². The zero-order valence-corrected chi connectivity index (χ0v) is 13.8. The number of thioether (sulfide) groups is 1. The number of fused-ring (bicyclic) bond motifs is 1. The lowest BCUT2D eigenvalue weighted by Crippen LogP contribution is -2.14. The fraction of sp³-hybridized carbons (Fsp3) is 0.100. The highest BCUT2D eigenvalue weighted by atomic mass is 32.2. The first-order valence-corrected chi connectivity index (χ1v) is 8.77. The summed E-state index contributed by atoms with van der Waals surface area (Å²) in [5.74, 6) is 0.959. The number of nitriles is 1. The molecule has 0 heterocycles. The van der Waals surface area contributed by atoms with Crippen molar-refractivity contribution in [3.8, 4) is 6.07 Å². The van der Waals surface area contributed by atoms with Gasteiger partial charge in [0.25, 0.3) is 0 Å². The largest absolute Gasteiger partial charge is 0.325 e. The van der Waals surface area contributed by atoms with E-state index in [1.54, 1.807) is 6.07 Å². The van der Waals surface area contributed by atoms with Gasteiger partial charge in [0.05, 0.1) is 17.4 Å². The Kier molecular flexibility index (Phi) is 5.15. The molecule has 0 aliphatic heterocycles. The van der Waals surface area contributed by atoms with Gasteiger partial charge in [-0.25, -0.2) is 0 Å². The van der Waals surface area contributed by atoms with Crippen molar-refractivity contribution in [2.45, 2.75) is 5.75 Å². The number of anilines is 1. The van der Waals surface area contributed by atoms with E-state index >= 15 is 0 Å². The van der Waals surface area contributed by atoms with E-state index in [1.165, 1.54) is 11.8 Å². The average molecular weight is 332 g/mol. The number of amides is 1. The molecule has 118 valence electrons. The van der Waals surface area contributed by atoms with Crippen molar-refractivity contribution in [2.75, 3.05) is 11.1 Å². The molecule has 0 aromatic heterocycles. The van der Waals surface area contributed by atoms with Gasteiger partial charge >= 0.3 is 0 Å². The Balaban J connectivity index is 1.61. The zero-order valence-electron chi connectivity index (χ0n) is 13.0.